The second-order valence-corrected chi connectivity index (χ2v) is 7.62. The summed E-state index contributed by atoms with van der Waals surface area (Å²) in [4.78, 5) is 19.9. The Morgan fingerprint density at radius 3 is 2.55 bits per heavy atom. The molecule has 1 aromatic heterocycles. The zero-order chi connectivity index (χ0) is 20.3. The topological polar surface area (TPSA) is 103 Å². The summed E-state index contributed by atoms with van der Waals surface area (Å²) in [7, 11) is 0. The predicted octanol–water partition coefficient (Wildman–Crippen LogP) is 4.29. The van der Waals surface area contributed by atoms with Crippen LogP contribution in [-0.2, 0) is 5.41 Å². The first-order valence-electron chi connectivity index (χ1n) is 9.00. The second kappa shape index (κ2) is 7.89. The van der Waals surface area contributed by atoms with Crippen molar-refractivity contribution in [1.29, 1.82) is 5.26 Å². The van der Waals surface area contributed by atoms with E-state index in [1.165, 1.54) is 18.7 Å². The van der Waals surface area contributed by atoms with Gasteiger partial charge in [0.2, 0.25) is 0 Å². The van der Waals surface area contributed by atoms with Crippen molar-refractivity contribution in [1.82, 2.24) is 15.4 Å². The monoisotopic (exact) mass is 448 g/mol. The lowest BCUT2D eigenvalue weighted by Gasteiger charge is -2.18. The molecule has 0 unspecified atom stereocenters. The fourth-order valence-corrected chi connectivity index (χ4v) is 3.42. The zero-order valence-electron chi connectivity index (χ0n) is 15.3. The number of nitrogens with one attached hydrogen (secondary N) is 3. The van der Waals surface area contributed by atoms with E-state index in [1.807, 2.05) is 42.5 Å². The van der Waals surface area contributed by atoms with Crippen LogP contribution in [0.2, 0.25) is 0 Å². The molecule has 1 fully saturated rings. The summed E-state index contributed by atoms with van der Waals surface area (Å²) in [6.07, 6.45) is 5.93. The van der Waals surface area contributed by atoms with Gasteiger partial charge < -0.3 is 5.32 Å². The number of hydrogen-bond donors (Lipinski definition) is 3. The molecule has 7 nitrogen and oxygen atoms in total. The number of carbonyl (C=O) groups excluding carboxylic acids is 1. The molecule has 4 rings (SSSR count). The van der Waals surface area contributed by atoms with E-state index in [4.69, 9.17) is 0 Å². The van der Waals surface area contributed by atoms with E-state index >= 15 is 0 Å². The molecule has 0 radical (unpaired) electrons. The summed E-state index contributed by atoms with van der Waals surface area (Å²) in [5, 5.41) is 13.1. The second-order valence-electron chi connectivity index (χ2n) is 6.77. The number of hydrogen-bond acceptors (Lipinski definition) is 6. The van der Waals surface area contributed by atoms with Crippen molar-refractivity contribution < 1.29 is 4.79 Å². The maximum Gasteiger partial charge on any atom is 0.272 e. The number of aromatic nitrogens is 2. The van der Waals surface area contributed by atoms with Gasteiger partial charge in [0.15, 0.2) is 0 Å². The number of amides is 1. The molecule has 0 atom stereocenters. The van der Waals surface area contributed by atoms with E-state index in [1.54, 1.807) is 0 Å². The molecular formula is C21H17BrN6O. The standard InChI is InChI=1S/C21H17BrN6O/c22-17-3-1-2-4-18(17)26-19-9-15(5-6-16(19)21(12-23)7-8-21)27-28-20(29)14-10-24-13-25-11-14/h1-6,9-11,13,26-27H,7-8H2,(H,28,29). The first-order valence-corrected chi connectivity index (χ1v) is 9.79. The van der Waals surface area contributed by atoms with Crippen molar-refractivity contribution in [3.8, 4) is 6.07 Å². The van der Waals surface area contributed by atoms with E-state index in [9.17, 15) is 10.1 Å². The lowest BCUT2D eigenvalue weighted by Crippen LogP contribution is -2.29. The van der Waals surface area contributed by atoms with E-state index in [2.05, 4.69) is 48.1 Å². The smallest absolute Gasteiger partial charge is 0.272 e. The lowest BCUT2D eigenvalue weighted by molar-refractivity contribution is 0.0962. The maximum atomic E-state index is 12.2. The van der Waals surface area contributed by atoms with Crippen molar-refractivity contribution in [3.05, 3.63) is 76.8 Å². The number of nitriles is 1. The number of anilines is 3. The molecule has 1 aliphatic carbocycles. The highest BCUT2D eigenvalue weighted by Gasteiger charge is 2.46. The molecule has 1 amide bonds. The van der Waals surface area contributed by atoms with Crippen LogP contribution in [0.3, 0.4) is 0 Å². The highest BCUT2D eigenvalue weighted by molar-refractivity contribution is 9.10. The van der Waals surface area contributed by atoms with Gasteiger partial charge in [-0.15, -0.1) is 0 Å². The molecule has 0 spiro atoms. The minimum absolute atomic E-state index is 0.342. The van der Waals surface area contributed by atoms with Crippen LogP contribution >= 0.6 is 15.9 Å². The fraction of sp³-hybridized carbons (Fsp3) is 0.143. The van der Waals surface area contributed by atoms with Crippen LogP contribution in [0.1, 0.15) is 28.8 Å². The Kier molecular flexibility index (Phi) is 5.14. The average Bonchev–Trinajstić information content (AvgIpc) is 3.55. The number of hydrazine groups is 1. The molecule has 3 aromatic rings. The molecule has 0 saturated heterocycles. The highest BCUT2D eigenvalue weighted by atomic mass is 79.9. The fourth-order valence-electron chi connectivity index (χ4n) is 3.03. The Morgan fingerprint density at radius 1 is 1.10 bits per heavy atom. The van der Waals surface area contributed by atoms with E-state index in [0.29, 0.717) is 11.3 Å². The summed E-state index contributed by atoms with van der Waals surface area (Å²) >= 11 is 3.54. The van der Waals surface area contributed by atoms with Crippen molar-refractivity contribution in [2.24, 2.45) is 0 Å². The van der Waals surface area contributed by atoms with Gasteiger partial charge in [0.05, 0.1) is 28.4 Å². The van der Waals surface area contributed by atoms with Crippen LogP contribution < -0.4 is 16.2 Å². The summed E-state index contributed by atoms with van der Waals surface area (Å²) in [5.41, 5.74) is 8.79. The van der Waals surface area contributed by atoms with Crippen LogP contribution in [0, 0.1) is 11.3 Å². The number of carbonyl (C=O) groups is 1. The van der Waals surface area contributed by atoms with Gasteiger partial charge >= 0.3 is 0 Å². The molecule has 1 saturated carbocycles. The van der Waals surface area contributed by atoms with Gasteiger partial charge in [-0.2, -0.15) is 5.26 Å². The normalized spacial score (nSPS) is 13.8. The van der Waals surface area contributed by atoms with Crippen LogP contribution in [0.5, 0.6) is 0 Å². The van der Waals surface area contributed by atoms with Crippen molar-refractivity contribution in [2.45, 2.75) is 18.3 Å². The molecule has 8 heteroatoms. The minimum Gasteiger partial charge on any atom is -0.354 e. The van der Waals surface area contributed by atoms with Gasteiger partial charge in [-0.1, -0.05) is 18.2 Å². The molecule has 0 aliphatic heterocycles. The maximum absolute atomic E-state index is 12.2. The van der Waals surface area contributed by atoms with Crippen LogP contribution in [0.4, 0.5) is 17.1 Å². The minimum atomic E-state index is -0.452. The van der Waals surface area contributed by atoms with Gasteiger partial charge in [0, 0.05) is 22.6 Å². The molecule has 0 bridgehead atoms. The summed E-state index contributed by atoms with van der Waals surface area (Å²) in [5.74, 6) is -0.342. The van der Waals surface area contributed by atoms with Gasteiger partial charge in [-0.3, -0.25) is 15.6 Å². The van der Waals surface area contributed by atoms with Crippen LogP contribution in [-0.4, -0.2) is 15.9 Å². The third-order valence-corrected chi connectivity index (χ3v) is 5.48. The van der Waals surface area contributed by atoms with E-state index in [0.717, 1.165) is 34.3 Å². The van der Waals surface area contributed by atoms with Gasteiger partial charge in [0.25, 0.3) is 5.91 Å². The Labute approximate surface area is 176 Å². The third-order valence-electron chi connectivity index (χ3n) is 4.79. The Bertz CT molecular complexity index is 1090. The number of nitrogens with zero attached hydrogens (tertiary/aromatic N) is 3. The first kappa shape index (κ1) is 18.9. The molecule has 144 valence electrons. The largest absolute Gasteiger partial charge is 0.354 e. The van der Waals surface area contributed by atoms with Gasteiger partial charge in [-0.05, 0) is 58.6 Å². The van der Waals surface area contributed by atoms with Gasteiger partial charge in [0.1, 0.15) is 6.33 Å². The molecular weight excluding hydrogens is 432 g/mol. The summed E-state index contributed by atoms with van der Waals surface area (Å²) < 4.78 is 0.920. The number of para-hydroxylation sites is 1. The van der Waals surface area contributed by atoms with E-state index < -0.39 is 5.41 Å². The highest BCUT2D eigenvalue weighted by Crippen LogP contribution is 2.51. The quantitative estimate of drug-likeness (QED) is 0.485. The predicted molar refractivity (Wildman–Crippen MR) is 114 cm³/mol. The van der Waals surface area contributed by atoms with Crippen molar-refractivity contribution in [3.63, 3.8) is 0 Å². The lowest BCUT2D eigenvalue weighted by atomic mass is 9.95. The molecule has 2 aromatic carbocycles. The summed E-state index contributed by atoms with van der Waals surface area (Å²) in [6.45, 7) is 0. The summed E-state index contributed by atoms with van der Waals surface area (Å²) in [6, 6.07) is 15.9. The number of benzene rings is 2. The Balaban J connectivity index is 1.59. The van der Waals surface area contributed by atoms with E-state index in [-0.39, 0.29) is 5.91 Å². The van der Waals surface area contributed by atoms with Crippen LogP contribution in [0.25, 0.3) is 0 Å². The Hall–Kier alpha value is -3.44. The van der Waals surface area contributed by atoms with Crippen molar-refractivity contribution >= 4 is 38.9 Å². The number of rotatable bonds is 6. The molecule has 1 heterocycles. The SMILES string of the molecule is N#CC1(c2ccc(NNC(=O)c3cncnc3)cc2Nc2ccccc2Br)CC1. The van der Waals surface area contributed by atoms with Gasteiger partial charge in [-0.25, -0.2) is 9.97 Å². The molecule has 29 heavy (non-hydrogen) atoms. The Morgan fingerprint density at radius 2 is 1.86 bits per heavy atom. The molecule has 3 N–H and O–H groups in total. The first-order chi connectivity index (χ1) is 14.1. The number of halogens is 1. The zero-order valence-corrected chi connectivity index (χ0v) is 16.9. The third kappa shape index (κ3) is 4.05. The van der Waals surface area contributed by atoms with Crippen molar-refractivity contribution in [2.75, 3.05) is 10.7 Å². The average molecular weight is 449 g/mol. The molecule has 1 aliphatic rings. The van der Waals surface area contributed by atoms with Crippen LogP contribution in [0.15, 0.2) is 65.7 Å².